The molecule has 0 aliphatic rings. The predicted octanol–water partition coefficient (Wildman–Crippen LogP) is 2.80. The van der Waals surface area contributed by atoms with E-state index in [0.717, 1.165) is 22.8 Å². The quantitative estimate of drug-likeness (QED) is 0.653. The molecular weight excluding hydrogens is 332 g/mol. The van der Waals surface area contributed by atoms with E-state index < -0.39 is 0 Å². The van der Waals surface area contributed by atoms with E-state index in [1.54, 1.807) is 17.6 Å². The SMILES string of the molecule is C[C@H](NC(=O)C[NH+](Cc1ccco1)Cc1cccs1)c1ccccc1. The number of amides is 1. The molecule has 1 amide bonds. The minimum absolute atomic E-state index is 0.000278. The van der Waals surface area contributed by atoms with Crippen LogP contribution in [0.15, 0.2) is 70.7 Å². The topological polar surface area (TPSA) is 46.7 Å². The van der Waals surface area contributed by atoms with Gasteiger partial charge in [0.2, 0.25) is 0 Å². The predicted molar refractivity (Wildman–Crippen MR) is 99.3 cm³/mol. The van der Waals surface area contributed by atoms with Crippen LogP contribution in [0.3, 0.4) is 0 Å². The average molecular weight is 355 g/mol. The van der Waals surface area contributed by atoms with Crippen molar-refractivity contribution in [3.63, 3.8) is 0 Å². The highest BCUT2D eigenvalue weighted by Crippen LogP contribution is 2.10. The Hall–Kier alpha value is -2.37. The van der Waals surface area contributed by atoms with Crippen molar-refractivity contribution >= 4 is 17.2 Å². The molecular formula is C20H23N2O2S+. The summed E-state index contributed by atoms with van der Waals surface area (Å²) in [6.07, 6.45) is 1.68. The summed E-state index contributed by atoms with van der Waals surface area (Å²) in [4.78, 5) is 15.0. The first-order chi connectivity index (χ1) is 12.2. The highest BCUT2D eigenvalue weighted by Gasteiger charge is 2.19. The number of furan rings is 1. The third kappa shape index (κ3) is 5.31. The van der Waals surface area contributed by atoms with Crippen molar-refractivity contribution in [1.29, 1.82) is 0 Å². The summed E-state index contributed by atoms with van der Waals surface area (Å²) >= 11 is 1.72. The van der Waals surface area contributed by atoms with Crippen LogP contribution in [-0.2, 0) is 17.9 Å². The van der Waals surface area contributed by atoms with Gasteiger partial charge in [0.15, 0.2) is 12.3 Å². The molecule has 130 valence electrons. The molecule has 1 unspecified atom stereocenters. The Morgan fingerprint density at radius 3 is 2.64 bits per heavy atom. The fourth-order valence-electron chi connectivity index (χ4n) is 2.85. The van der Waals surface area contributed by atoms with E-state index in [0.29, 0.717) is 13.1 Å². The summed E-state index contributed by atoms with van der Waals surface area (Å²) in [5.74, 6) is 0.949. The van der Waals surface area contributed by atoms with E-state index in [1.165, 1.54) is 4.88 Å². The average Bonchev–Trinajstić information content (AvgIpc) is 3.29. The molecule has 0 aliphatic heterocycles. The molecule has 0 radical (unpaired) electrons. The van der Waals surface area contributed by atoms with Gasteiger partial charge in [-0.05, 0) is 36.1 Å². The molecule has 2 N–H and O–H groups in total. The summed E-state index contributed by atoms with van der Waals surface area (Å²) in [6.45, 7) is 3.93. The van der Waals surface area contributed by atoms with Crippen LogP contribution in [0.25, 0.3) is 0 Å². The van der Waals surface area contributed by atoms with Crippen molar-refractivity contribution < 1.29 is 14.1 Å². The first kappa shape index (κ1) is 17.5. The highest BCUT2D eigenvalue weighted by molar-refractivity contribution is 7.09. The Labute approximate surface area is 152 Å². The minimum atomic E-state index is 0.000278. The van der Waals surface area contributed by atoms with E-state index in [2.05, 4.69) is 16.8 Å². The molecule has 25 heavy (non-hydrogen) atoms. The van der Waals surface area contributed by atoms with Gasteiger partial charge in [0.25, 0.3) is 5.91 Å². The van der Waals surface area contributed by atoms with Crippen molar-refractivity contribution in [2.24, 2.45) is 0 Å². The van der Waals surface area contributed by atoms with E-state index in [-0.39, 0.29) is 11.9 Å². The molecule has 2 heterocycles. The molecule has 0 saturated carbocycles. The molecule has 3 rings (SSSR count). The third-order valence-electron chi connectivity index (χ3n) is 4.10. The maximum absolute atomic E-state index is 12.5. The first-order valence-electron chi connectivity index (χ1n) is 8.43. The fourth-order valence-corrected chi connectivity index (χ4v) is 3.63. The summed E-state index contributed by atoms with van der Waals surface area (Å²) in [7, 11) is 0. The van der Waals surface area contributed by atoms with Crippen molar-refractivity contribution in [3.8, 4) is 0 Å². The fraction of sp³-hybridized carbons (Fsp3) is 0.250. The lowest BCUT2D eigenvalue weighted by Gasteiger charge is -2.19. The van der Waals surface area contributed by atoms with Gasteiger partial charge in [-0.2, -0.15) is 0 Å². The molecule has 2 atom stereocenters. The van der Waals surface area contributed by atoms with E-state index in [4.69, 9.17) is 4.42 Å². The number of thiophene rings is 1. The smallest absolute Gasteiger partial charge is 0.275 e. The Balaban J connectivity index is 1.61. The molecule has 5 heteroatoms. The van der Waals surface area contributed by atoms with Gasteiger partial charge >= 0.3 is 0 Å². The van der Waals surface area contributed by atoms with Crippen LogP contribution >= 0.6 is 11.3 Å². The van der Waals surface area contributed by atoms with Crippen molar-refractivity contribution in [2.75, 3.05) is 6.54 Å². The summed E-state index contributed by atoms with van der Waals surface area (Å²) in [6, 6.07) is 18.0. The monoisotopic (exact) mass is 355 g/mol. The van der Waals surface area contributed by atoms with Gasteiger partial charge in [0.1, 0.15) is 13.1 Å². The minimum Gasteiger partial charge on any atom is -0.463 e. The summed E-state index contributed by atoms with van der Waals surface area (Å²) < 4.78 is 5.47. The number of carbonyl (C=O) groups excluding carboxylic acids is 1. The number of hydrogen-bond donors (Lipinski definition) is 2. The molecule has 2 aromatic heterocycles. The van der Waals surface area contributed by atoms with Gasteiger partial charge in [-0.3, -0.25) is 4.79 Å². The molecule has 0 fully saturated rings. The van der Waals surface area contributed by atoms with Gasteiger partial charge in [-0.1, -0.05) is 36.4 Å². The normalized spacial score (nSPS) is 13.3. The highest BCUT2D eigenvalue weighted by atomic mass is 32.1. The third-order valence-corrected chi connectivity index (χ3v) is 4.97. The number of quaternary nitrogens is 1. The zero-order valence-electron chi connectivity index (χ0n) is 14.3. The second-order valence-electron chi connectivity index (χ2n) is 6.14. The lowest BCUT2D eigenvalue weighted by Crippen LogP contribution is -3.10. The Bertz CT molecular complexity index is 718. The first-order valence-corrected chi connectivity index (χ1v) is 9.31. The number of hydrogen-bond acceptors (Lipinski definition) is 3. The second kappa shape index (κ2) is 8.65. The van der Waals surface area contributed by atoms with Gasteiger partial charge < -0.3 is 14.6 Å². The standard InChI is InChI=1S/C20H22N2O2S/c1-16(17-7-3-2-4-8-17)21-20(23)15-22(13-18-9-5-11-24-18)14-19-10-6-12-25-19/h2-12,16H,13-15H2,1H3,(H,21,23)/p+1/t16-/m0/s1. The molecule has 0 aliphatic carbocycles. The van der Waals surface area contributed by atoms with Crippen molar-refractivity contribution in [2.45, 2.75) is 26.1 Å². The van der Waals surface area contributed by atoms with Crippen LogP contribution in [0.2, 0.25) is 0 Å². The number of nitrogens with one attached hydrogen (secondary N) is 2. The van der Waals surface area contributed by atoms with Crippen molar-refractivity contribution in [1.82, 2.24) is 5.32 Å². The van der Waals surface area contributed by atoms with E-state index in [9.17, 15) is 4.79 Å². The van der Waals surface area contributed by atoms with E-state index in [1.807, 2.05) is 55.5 Å². The maximum Gasteiger partial charge on any atom is 0.275 e. The van der Waals surface area contributed by atoms with Crippen molar-refractivity contribution in [3.05, 3.63) is 82.4 Å². The van der Waals surface area contributed by atoms with Gasteiger partial charge in [-0.25, -0.2) is 0 Å². The molecule has 0 saturated heterocycles. The Morgan fingerprint density at radius 2 is 1.96 bits per heavy atom. The molecule has 3 aromatic rings. The van der Waals surface area contributed by atoms with Crippen LogP contribution in [-0.4, -0.2) is 12.5 Å². The lowest BCUT2D eigenvalue weighted by atomic mass is 10.1. The maximum atomic E-state index is 12.5. The zero-order valence-corrected chi connectivity index (χ0v) is 15.1. The second-order valence-corrected chi connectivity index (χ2v) is 7.17. The van der Waals surface area contributed by atoms with Gasteiger partial charge in [-0.15, -0.1) is 11.3 Å². The van der Waals surface area contributed by atoms with Crippen LogP contribution in [0.5, 0.6) is 0 Å². The van der Waals surface area contributed by atoms with Crippen LogP contribution < -0.4 is 10.2 Å². The van der Waals surface area contributed by atoms with Crippen LogP contribution in [0.1, 0.15) is 29.2 Å². The molecule has 0 spiro atoms. The Morgan fingerprint density at radius 1 is 1.12 bits per heavy atom. The molecule has 1 aromatic carbocycles. The lowest BCUT2D eigenvalue weighted by molar-refractivity contribution is -0.920. The molecule has 0 bridgehead atoms. The summed E-state index contributed by atoms with van der Waals surface area (Å²) in [5, 5.41) is 5.17. The van der Waals surface area contributed by atoms with Gasteiger partial charge in [0, 0.05) is 0 Å². The number of rotatable bonds is 8. The number of carbonyl (C=O) groups is 1. The van der Waals surface area contributed by atoms with Gasteiger partial charge in [0.05, 0.1) is 17.2 Å². The zero-order chi connectivity index (χ0) is 17.5. The number of benzene rings is 1. The van der Waals surface area contributed by atoms with Crippen LogP contribution in [0.4, 0.5) is 0 Å². The summed E-state index contributed by atoms with van der Waals surface area (Å²) in [5.41, 5.74) is 1.11. The van der Waals surface area contributed by atoms with E-state index >= 15 is 0 Å². The largest absolute Gasteiger partial charge is 0.463 e. The van der Waals surface area contributed by atoms with Crippen LogP contribution in [0, 0.1) is 0 Å². The molecule has 4 nitrogen and oxygen atoms in total. The Kier molecular flexibility index (Phi) is 6.04.